The number of carbonyl (C=O) groups excluding carboxylic acids is 14. The number of hydrogen-bond acceptors (Lipinski definition) is 40. The lowest BCUT2D eigenvalue weighted by atomic mass is 10.1. The molecule has 4 saturated heterocycles. The summed E-state index contributed by atoms with van der Waals surface area (Å²) in [5.41, 5.74) is 4.40. The lowest BCUT2D eigenvalue weighted by molar-refractivity contribution is -0.145. The molecule has 4 atom stereocenters. The van der Waals surface area contributed by atoms with Crippen molar-refractivity contribution in [2.75, 3.05) is 195 Å². The standard InChI is InChI=1S/C18H22O8S2.C18H22O8.C16H22O6.C14H14O6.C14H18O4.C12H14O4S2/c19-15(5-11-27)23-7-9-25-17(21)13-1-2-14(4-3-13)18(22)26-10-8-24-16(20)6-12-28;19-17(23-7-5-21-9-15-11-25-15)13-1-2-14(4-3-13)18(20)24-8-6-22-10-16-12-26-16;1-3-19-9-11-21-15(17)13-5-7-14(8-6-13)16(18)22-12-10-20-4-2;15-13(19-7-11-5-17-11)9-1-2-10(4-3-9)14(16)20-8-12-6-18-12;1-3-9-17-13(15)11-5-7-12(8-6-11)14(16)18-10-4-2;13-11(15-5-7-17)9-1-2-10(4-3-9)12(14)16-6-8-18/h1-4,27-28H,5-12H2;1-4,15-16H,5-12H2;5-8H,3-4,9-12H2,1-2H3;1-4,11-12H,5-8H2;5-8H,3-4,9-10H2,1-2H3;1-4,17-18H,5-8H2. The van der Waals surface area contributed by atoms with Gasteiger partial charge in [0.2, 0.25) is 0 Å². The van der Waals surface area contributed by atoms with E-state index in [2.05, 4.69) is 50.5 Å². The van der Waals surface area contributed by atoms with Crippen LogP contribution in [0.3, 0.4) is 0 Å². The van der Waals surface area contributed by atoms with Gasteiger partial charge < -0.3 is 104 Å². The van der Waals surface area contributed by atoms with Crippen LogP contribution in [0.1, 0.15) is 178 Å². The molecule has 4 aliphatic heterocycles. The van der Waals surface area contributed by atoms with Crippen molar-refractivity contribution in [1.29, 1.82) is 0 Å². The van der Waals surface area contributed by atoms with Crippen LogP contribution in [0.4, 0.5) is 0 Å². The van der Waals surface area contributed by atoms with Crippen LogP contribution in [0.25, 0.3) is 0 Å². The van der Waals surface area contributed by atoms with Gasteiger partial charge in [-0.15, -0.1) is 0 Å². The van der Waals surface area contributed by atoms with Crippen LogP contribution in [0.2, 0.25) is 0 Å². The molecule has 720 valence electrons. The first-order valence-electron chi connectivity index (χ1n) is 42.2. The maximum atomic E-state index is 11.9. The van der Waals surface area contributed by atoms with Gasteiger partial charge in [-0.2, -0.15) is 50.5 Å². The molecule has 40 heteroatoms. The summed E-state index contributed by atoms with van der Waals surface area (Å²) in [5.74, 6) is -4.61. The van der Waals surface area contributed by atoms with Crippen molar-refractivity contribution in [3.8, 4) is 0 Å². The van der Waals surface area contributed by atoms with E-state index >= 15 is 0 Å². The van der Waals surface area contributed by atoms with E-state index in [0.717, 1.165) is 26.1 Å². The molecular weight excluding hydrogens is 1810 g/mol. The molecule has 0 amide bonds. The number of rotatable bonds is 52. The molecule has 36 nitrogen and oxygen atoms in total. The number of epoxide rings is 4. The molecule has 4 fully saturated rings. The van der Waals surface area contributed by atoms with Crippen LogP contribution in [-0.4, -0.2) is 303 Å². The SMILES string of the molecule is CCCOC(=O)c1ccc(C(=O)OCCC)cc1.CCOCCOC(=O)c1ccc(C(=O)OCCOCC)cc1.O=C(CCS)OCCOC(=O)c1ccc(C(=O)OCCOC(=O)CCS)cc1.O=C(OCC1CO1)c1ccc(C(=O)OCC2CO2)cc1.O=C(OCCOCC1CO1)c1ccc(C(=O)OCCOCC2CO2)cc1.O=C(OCCS)c1ccc(C(=O)OCCS)cc1. The minimum Gasteiger partial charge on any atom is -0.462 e. The van der Waals surface area contributed by atoms with Crippen molar-refractivity contribution in [2.24, 2.45) is 0 Å². The first-order chi connectivity index (χ1) is 64.0. The molecule has 0 aromatic heterocycles. The van der Waals surface area contributed by atoms with Crippen LogP contribution in [0.15, 0.2) is 146 Å². The fourth-order valence-corrected chi connectivity index (χ4v) is 10.1. The maximum Gasteiger partial charge on any atom is 0.338 e. The zero-order valence-corrected chi connectivity index (χ0v) is 77.3. The van der Waals surface area contributed by atoms with Crippen LogP contribution < -0.4 is 0 Å². The minimum atomic E-state index is -0.610. The second-order valence-corrected chi connectivity index (χ2v) is 29.0. The number of thiol groups is 4. The van der Waals surface area contributed by atoms with Gasteiger partial charge in [-0.25, -0.2) is 57.5 Å². The number of ether oxygens (including phenoxy) is 22. The summed E-state index contributed by atoms with van der Waals surface area (Å²) in [6.07, 6.45) is 2.41. The first-order valence-corrected chi connectivity index (χ1v) is 44.7. The largest absolute Gasteiger partial charge is 0.462 e. The monoisotopic (exact) mass is 1920 g/mol. The van der Waals surface area contributed by atoms with Crippen molar-refractivity contribution in [1.82, 2.24) is 0 Å². The zero-order chi connectivity index (χ0) is 95.9. The topological polar surface area (TPSA) is 455 Å². The Morgan fingerprint density at radius 2 is 0.386 bits per heavy atom. The van der Waals surface area contributed by atoms with E-state index < -0.39 is 71.6 Å². The second-order valence-electron chi connectivity index (χ2n) is 27.2. The predicted octanol–water partition coefficient (Wildman–Crippen LogP) is 10.1. The summed E-state index contributed by atoms with van der Waals surface area (Å²) in [6.45, 7) is 16.3. The van der Waals surface area contributed by atoms with Crippen molar-refractivity contribution in [2.45, 2.75) is 77.8 Å². The molecule has 0 radical (unpaired) electrons. The third-order valence-electron chi connectivity index (χ3n) is 16.7. The summed E-state index contributed by atoms with van der Waals surface area (Å²) in [5, 5.41) is 0. The van der Waals surface area contributed by atoms with Gasteiger partial charge >= 0.3 is 83.6 Å². The molecule has 132 heavy (non-hydrogen) atoms. The number of esters is 14. The van der Waals surface area contributed by atoms with Crippen LogP contribution in [-0.2, 0) is 114 Å². The predicted molar refractivity (Wildman–Crippen MR) is 483 cm³/mol. The highest BCUT2D eigenvalue weighted by Gasteiger charge is 2.28. The maximum absolute atomic E-state index is 11.9. The van der Waals surface area contributed by atoms with E-state index in [1.54, 1.807) is 48.5 Å². The molecule has 10 rings (SSSR count). The van der Waals surface area contributed by atoms with E-state index in [1.165, 1.54) is 97.1 Å². The van der Waals surface area contributed by atoms with Gasteiger partial charge in [0.1, 0.15) is 104 Å². The van der Waals surface area contributed by atoms with Crippen molar-refractivity contribution >= 4 is 134 Å². The lowest BCUT2D eigenvalue weighted by Gasteiger charge is -2.08. The van der Waals surface area contributed by atoms with Crippen molar-refractivity contribution < 1.29 is 171 Å². The van der Waals surface area contributed by atoms with Gasteiger partial charge in [0.25, 0.3) is 0 Å². The third-order valence-corrected chi connectivity index (χ3v) is 17.5. The highest BCUT2D eigenvalue weighted by Crippen LogP contribution is 2.18. The van der Waals surface area contributed by atoms with Gasteiger partial charge in [-0.05, 0) is 172 Å². The molecule has 0 bridgehead atoms. The average Bonchev–Trinajstić information content (AvgIpc) is 1.79. The Balaban J connectivity index is 0.000000282. The summed E-state index contributed by atoms with van der Waals surface area (Å²) in [6, 6.07) is 36.4. The zero-order valence-electron chi connectivity index (χ0n) is 73.7. The van der Waals surface area contributed by atoms with Crippen LogP contribution in [0, 0.1) is 0 Å². The molecule has 0 saturated carbocycles. The highest BCUT2D eigenvalue weighted by atomic mass is 32.1. The second kappa shape index (κ2) is 67.2. The summed E-state index contributed by atoms with van der Waals surface area (Å²) >= 11 is 15.7. The Bertz CT molecular complexity index is 4110. The Morgan fingerprint density at radius 3 is 0.568 bits per heavy atom. The third kappa shape index (κ3) is 49.5. The molecule has 0 spiro atoms. The summed E-state index contributed by atoms with van der Waals surface area (Å²) < 4.78 is 110. The van der Waals surface area contributed by atoms with E-state index in [4.69, 9.17) is 104 Å². The average molecular weight is 1920 g/mol. The van der Waals surface area contributed by atoms with E-state index in [0.29, 0.717) is 158 Å². The Labute approximate surface area is 786 Å². The number of benzene rings is 6. The smallest absolute Gasteiger partial charge is 0.338 e. The van der Waals surface area contributed by atoms with Gasteiger partial charge in [-0.1, -0.05) is 13.8 Å². The van der Waals surface area contributed by atoms with E-state index in [9.17, 15) is 67.1 Å². The molecule has 6 aromatic rings. The van der Waals surface area contributed by atoms with Gasteiger partial charge in [0.15, 0.2) is 0 Å². The van der Waals surface area contributed by atoms with Crippen LogP contribution in [0.5, 0.6) is 0 Å². The summed E-state index contributed by atoms with van der Waals surface area (Å²) in [7, 11) is 0. The molecule has 0 aliphatic carbocycles. The highest BCUT2D eigenvalue weighted by molar-refractivity contribution is 7.80. The Hall–Kier alpha value is -11.0. The lowest BCUT2D eigenvalue weighted by Crippen LogP contribution is -2.15. The molecule has 4 aliphatic rings. The minimum absolute atomic E-state index is 0.0397. The van der Waals surface area contributed by atoms with Gasteiger partial charge in [0, 0.05) is 36.2 Å². The normalized spacial score (nSPS) is 14.1. The van der Waals surface area contributed by atoms with E-state index in [1.807, 2.05) is 27.7 Å². The van der Waals surface area contributed by atoms with Gasteiger partial charge in [-0.3, -0.25) is 9.59 Å². The fourth-order valence-electron chi connectivity index (χ4n) is 9.51. The summed E-state index contributed by atoms with van der Waals surface area (Å²) in [4.78, 5) is 163. The molecule has 0 N–H and O–H groups in total. The Morgan fingerprint density at radius 1 is 0.220 bits per heavy atom. The van der Waals surface area contributed by atoms with Crippen LogP contribution >= 0.6 is 50.5 Å². The van der Waals surface area contributed by atoms with Crippen molar-refractivity contribution in [3.63, 3.8) is 0 Å². The molecule has 4 heterocycles. The molecule has 6 aromatic carbocycles. The number of hydrogen-bond donors (Lipinski definition) is 4. The number of carbonyl (C=O) groups is 14. The molecular formula is C92H112O36S4. The quantitative estimate of drug-likeness (QED) is 0.00906. The molecule has 4 unspecified atom stereocenters. The van der Waals surface area contributed by atoms with E-state index in [-0.39, 0.29) is 140 Å². The first kappa shape index (κ1) is 111. The Kier molecular flexibility index (Phi) is 56.8. The fraction of sp³-hybridized carbons (Fsp3) is 0.457. The van der Waals surface area contributed by atoms with Crippen molar-refractivity contribution in [3.05, 3.63) is 212 Å². The van der Waals surface area contributed by atoms with Gasteiger partial charge in [0.05, 0.1) is 159 Å².